The Morgan fingerprint density at radius 1 is 1.11 bits per heavy atom. The number of hydrogen-bond acceptors (Lipinski definition) is 6. The number of esters is 1. The maximum absolute atomic E-state index is 13.3. The number of nitrogens with one attached hydrogen (secondary N) is 1. The molecule has 0 saturated heterocycles. The Morgan fingerprint density at radius 3 is 2.46 bits per heavy atom. The van der Waals surface area contributed by atoms with E-state index in [9.17, 15) is 14.0 Å². The first kappa shape index (κ1) is 24.7. The summed E-state index contributed by atoms with van der Waals surface area (Å²) in [5.41, 5.74) is 2.85. The van der Waals surface area contributed by atoms with Crippen LogP contribution in [0.5, 0.6) is 0 Å². The summed E-state index contributed by atoms with van der Waals surface area (Å²) in [6.45, 7) is 7.60. The second-order valence-electron chi connectivity index (χ2n) is 9.39. The number of carbonyl (C=O) groups is 2. The van der Waals surface area contributed by atoms with Gasteiger partial charge < -0.3 is 15.0 Å². The molecular formula is C27H28FN3O3S. The topological polar surface area (TPSA) is 71.0 Å². The quantitative estimate of drug-likeness (QED) is 0.542. The molecule has 182 valence electrons. The van der Waals surface area contributed by atoms with Crippen LogP contribution in [0.2, 0.25) is 0 Å². The fourth-order valence-corrected chi connectivity index (χ4v) is 4.91. The maximum atomic E-state index is 13.3. The van der Waals surface area contributed by atoms with Crippen LogP contribution in [0.1, 0.15) is 51.3 Å². The van der Waals surface area contributed by atoms with E-state index in [2.05, 4.69) is 10.3 Å². The van der Waals surface area contributed by atoms with E-state index in [1.165, 1.54) is 23.9 Å². The number of carbonyl (C=O) groups excluding carboxylic acids is 2. The molecule has 2 heterocycles. The maximum Gasteiger partial charge on any atom is 0.338 e. The van der Waals surface area contributed by atoms with Crippen LogP contribution in [-0.4, -0.2) is 27.5 Å². The molecule has 0 aromatic heterocycles. The van der Waals surface area contributed by atoms with Gasteiger partial charge in [-0.05, 0) is 56.4 Å². The van der Waals surface area contributed by atoms with Gasteiger partial charge >= 0.3 is 5.97 Å². The van der Waals surface area contributed by atoms with Gasteiger partial charge in [-0.1, -0.05) is 54.2 Å². The Hall–Kier alpha value is -3.39. The SMILES string of the molecule is CC1=C(C(=O)OC(C)(C)C)[C@@H](c2ccccc2)N2C(CC(=O)NCc3ccc(F)cc3)=CSC2=N1. The smallest absolute Gasteiger partial charge is 0.338 e. The van der Waals surface area contributed by atoms with Gasteiger partial charge in [-0.2, -0.15) is 0 Å². The first-order chi connectivity index (χ1) is 16.6. The lowest BCUT2D eigenvalue weighted by Gasteiger charge is -2.37. The number of ether oxygens (including phenoxy) is 1. The van der Waals surface area contributed by atoms with E-state index in [0.717, 1.165) is 16.8 Å². The molecule has 6 nitrogen and oxygen atoms in total. The van der Waals surface area contributed by atoms with E-state index in [4.69, 9.17) is 4.74 Å². The van der Waals surface area contributed by atoms with Crippen molar-refractivity contribution in [3.63, 3.8) is 0 Å². The zero-order chi connectivity index (χ0) is 25.2. The van der Waals surface area contributed by atoms with Crippen LogP contribution < -0.4 is 5.32 Å². The molecule has 0 bridgehead atoms. The fraction of sp³-hybridized carbons (Fsp3) is 0.296. The molecule has 1 N–H and O–H groups in total. The minimum Gasteiger partial charge on any atom is -0.456 e. The summed E-state index contributed by atoms with van der Waals surface area (Å²) >= 11 is 1.43. The van der Waals surface area contributed by atoms with E-state index in [1.54, 1.807) is 12.1 Å². The minimum absolute atomic E-state index is 0.108. The highest BCUT2D eigenvalue weighted by molar-refractivity contribution is 8.16. The molecule has 0 unspecified atom stereocenters. The Kier molecular flexibility index (Phi) is 7.12. The molecular weight excluding hydrogens is 465 g/mol. The fourth-order valence-electron chi connectivity index (χ4n) is 3.94. The highest BCUT2D eigenvalue weighted by Crippen LogP contribution is 2.45. The van der Waals surface area contributed by atoms with E-state index in [0.29, 0.717) is 23.0 Å². The average Bonchev–Trinajstić information content (AvgIpc) is 3.19. The van der Waals surface area contributed by atoms with Crippen LogP contribution in [-0.2, 0) is 20.9 Å². The third-order valence-corrected chi connectivity index (χ3v) is 6.37. The lowest BCUT2D eigenvalue weighted by Crippen LogP contribution is -2.39. The van der Waals surface area contributed by atoms with Crippen LogP contribution >= 0.6 is 11.8 Å². The number of aliphatic imine (C=N–C) groups is 1. The van der Waals surface area contributed by atoms with Crippen molar-refractivity contribution in [3.8, 4) is 0 Å². The Morgan fingerprint density at radius 2 is 1.80 bits per heavy atom. The van der Waals surface area contributed by atoms with Crippen molar-refractivity contribution < 1.29 is 18.7 Å². The van der Waals surface area contributed by atoms with E-state index in [1.807, 2.05) is 68.3 Å². The number of benzene rings is 2. The van der Waals surface area contributed by atoms with Gasteiger partial charge in [0.1, 0.15) is 11.4 Å². The van der Waals surface area contributed by atoms with Crippen molar-refractivity contribution in [2.24, 2.45) is 4.99 Å². The molecule has 0 spiro atoms. The first-order valence-corrected chi connectivity index (χ1v) is 12.2. The molecule has 2 aromatic rings. The molecule has 0 fully saturated rings. The minimum atomic E-state index is -0.658. The predicted molar refractivity (Wildman–Crippen MR) is 136 cm³/mol. The van der Waals surface area contributed by atoms with Crippen molar-refractivity contribution in [3.05, 3.63) is 93.9 Å². The average molecular weight is 494 g/mol. The van der Waals surface area contributed by atoms with Gasteiger partial charge in [0, 0.05) is 12.2 Å². The monoisotopic (exact) mass is 493 g/mol. The standard InChI is InChI=1S/C27H28FN3O3S/c1-17-23(25(33)34-27(2,3)4)24(19-8-6-5-7-9-19)31-21(16-35-26(31)30-17)14-22(32)29-15-18-10-12-20(28)13-11-18/h5-13,16,24H,14-15H2,1-4H3,(H,29,32)/t24-/m1/s1. The number of thioether (sulfide) groups is 1. The summed E-state index contributed by atoms with van der Waals surface area (Å²) in [4.78, 5) is 32.7. The Balaban J connectivity index is 1.59. The summed E-state index contributed by atoms with van der Waals surface area (Å²) in [7, 11) is 0. The summed E-state index contributed by atoms with van der Waals surface area (Å²) < 4.78 is 18.9. The molecule has 4 rings (SSSR count). The normalized spacial score (nSPS) is 17.5. The van der Waals surface area contributed by atoms with Gasteiger partial charge in [0.2, 0.25) is 5.91 Å². The van der Waals surface area contributed by atoms with Crippen LogP contribution in [0, 0.1) is 5.82 Å². The molecule has 1 amide bonds. The van der Waals surface area contributed by atoms with E-state index < -0.39 is 17.6 Å². The molecule has 2 aliphatic rings. The molecule has 35 heavy (non-hydrogen) atoms. The number of nitrogens with zero attached hydrogens (tertiary/aromatic N) is 2. The number of halogens is 1. The van der Waals surface area contributed by atoms with Crippen molar-refractivity contribution in [1.29, 1.82) is 0 Å². The molecule has 0 aliphatic carbocycles. The lowest BCUT2D eigenvalue weighted by atomic mass is 9.93. The number of hydrogen-bond donors (Lipinski definition) is 1. The molecule has 2 aromatic carbocycles. The van der Waals surface area contributed by atoms with Crippen LogP contribution in [0.15, 0.2) is 82.0 Å². The van der Waals surface area contributed by atoms with Gasteiger partial charge in [0.05, 0.1) is 23.7 Å². The van der Waals surface area contributed by atoms with Crippen LogP contribution in [0.4, 0.5) is 4.39 Å². The number of amidine groups is 1. The number of allylic oxidation sites excluding steroid dienone is 1. The zero-order valence-electron chi connectivity index (χ0n) is 20.2. The number of amides is 1. The summed E-state index contributed by atoms with van der Waals surface area (Å²) in [5, 5.41) is 5.50. The summed E-state index contributed by atoms with van der Waals surface area (Å²) in [6.07, 6.45) is 0.108. The van der Waals surface area contributed by atoms with E-state index >= 15 is 0 Å². The number of fused-ring (bicyclic) bond motifs is 1. The molecule has 0 radical (unpaired) electrons. The zero-order valence-corrected chi connectivity index (χ0v) is 21.0. The Labute approximate surface area is 209 Å². The number of rotatable bonds is 6. The molecule has 1 atom stereocenters. The lowest BCUT2D eigenvalue weighted by molar-refractivity contribution is -0.150. The van der Waals surface area contributed by atoms with Crippen molar-refractivity contribution in [2.45, 2.75) is 52.3 Å². The van der Waals surface area contributed by atoms with Crippen molar-refractivity contribution in [1.82, 2.24) is 10.2 Å². The van der Waals surface area contributed by atoms with Crippen molar-refractivity contribution in [2.75, 3.05) is 0 Å². The van der Waals surface area contributed by atoms with E-state index in [-0.39, 0.29) is 18.1 Å². The second-order valence-corrected chi connectivity index (χ2v) is 10.2. The van der Waals surface area contributed by atoms with Crippen LogP contribution in [0.25, 0.3) is 0 Å². The van der Waals surface area contributed by atoms with Gasteiger partial charge in [0.15, 0.2) is 5.17 Å². The van der Waals surface area contributed by atoms with Gasteiger partial charge in [-0.25, -0.2) is 14.2 Å². The molecule has 2 aliphatic heterocycles. The second kappa shape index (κ2) is 10.1. The summed E-state index contributed by atoms with van der Waals surface area (Å²) in [6, 6.07) is 15.2. The molecule has 8 heteroatoms. The van der Waals surface area contributed by atoms with Crippen LogP contribution in [0.3, 0.4) is 0 Å². The Bertz CT molecular complexity index is 1210. The highest BCUT2D eigenvalue weighted by Gasteiger charge is 2.41. The first-order valence-electron chi connectivity index (χ1n) is 11.4. The van der Waals surface area contributed by atoms with Gasteiger partial charge in [-0.15, -0.1) is 0 Å². The highest BCUT2D eigenvalue weighted by atomic mass is 32.2. The van der Waals surface area contributed by atoms with Crippen molar-refractivity contribution >= 4 is 28.8 Å². The largest absolute Gasteiger partial charge is 0.456 e. The third kappa shape index (κ3) is 5.82. The van der Waals surface area contributed by atoms with Gasteiger partial charge in [-0.3, -0.25) is 4.79 Å². The molecule has 0 saturated carbocycles. The predicted octanol–water partition coefficient (Wildman–Crippen LogP) is 5.45. The third-order valence-electron chi connectivity index (χ3n) is 5.48. The van der Waals surface area contributed by atoms with Gasteiger partial charge in [0.25, 0.3) is 0 Å². The summed E-state index contributed by atoms with van der Waals surface area (Å²) in [5.74, 6) is -0.927.